The summed E-state index contributed by atoms with van der Waals surface area (Å²) in [4.78, 5) is 4.18. The Bertz CT molecular complexity index is 470. The lowest BCUT2D eigenvalue weighted by molar-refractivity contribution is 0.414. The Morgan fingerprint density at radius 2 is 2.06 bits per heavy atom. The zero-order chi connectivity index (χ0) is 12.1. The average molecular weight is 269 g/mol. The quantitative estimate of drug-likeness (QED) is 0.905. The van der Waals surface area contributed by atoms with E-state index in [-0.39, 0.29) is 0 Å². The highest BCUT2D eigenvalue weighted by Gasteiger charge is 1.99. The van der Waals surface area contributed by atoms with Gasteiger partial charge in [-0.05, 0) is 17.7 Å². The summed E-state index contributed by atoms with van der Waals surface area (Å²) >= 11 is 7.30. The van der Waals surface area contributed by atoms with Gasteiger partial charge in [0.05, 0.1) is 13.3 Å². The highest BCUT2D eigenvalue weighted by Crippen LogP contribution is 2.18. The van der Waals surface area contributed by atoms with Crippen molar-refractivity contribution in [2.75, 3.05) is 7.11 Å². The molecule has 0 saturated carbocycles. The maximum Gasteiger partial charge on any atom is 0.118 e. The summed E-state index contributed by atoms with van der Waals surface area (Å²) in [7, 11) is 1.67. The van der Waals surface area contributed by atoms with Gasteiger partial charge in [-0.15, -0.1) is 11.3 Å². The first kappa shape index (κ1) is 12.4. The molecule has 5 heteroatoms. The Kier molecular flexibility index (Phi) is 4.36. The molecular weight excluding hydrogens is 256 g/mol. The molecule has 1 aromatic carbocycles. The van der Waals surface area contributed by atoms with Crippen molar-refractivity contribution in [3.63, 3.8) is 0 Å². The predicted octanol–water partition coefficient (Wildman–Crippen LogP) is 3.09. The van der Waals surface area contributed by atoms with Gasteiger partial charge >= 0.3 is 0 Å². The molecular formula is C12H13ClN2OS. The smallest absolute Gasteiger partial charge is 0.118 e. The van der Waals surface area contributed by atoms with Crippen LogP contribution in [-0.2, 0) is 13.1 Å². The molecule has 0 spiro atoms. The number of thiazole rings is 1. The van der Waals surface area contributed by atoms with E-state index < -0.39 is 0 Å². The molecule has 0 fully saturated rings. The topological polar surface area (TPSA) is 34.1 Å². The summed E-state index contributed by atoms with van der Waals surface area (Å²) in [6.45, 7) is 1.55. The fourth-order valence-electron chi connectivity index (χ4n) is 1.43. The van der Waals surface area contributed by atoms with Crippen molar-refractivity contribution in [3.05, 3.63) is 45.4 Å². The lowest BCUT2D eigenvalue weighted by atomic mass is 10.2. The van der Waals surface area contributed by atoms with E-state index in [1.54, 1.807) is 13.3 Å². The summed E-state index contributed by atoms with van der Waals surface area (Å²) in [5.41, 5.74) is 1.22. The first-order valence-corrected chi connectivity index (χ1v) is 6.41. The molecule has 0 amide bonds. The van der Waals surface area contributed by atoms with Crippen molar-refractivity contribution in [1.29, 1.82) is 0 Å². The minimum absolute atomic E-state index is 0.728. The van der Waals surface area contributed by atoms with E-state index >= 15 is 0 Å². The van der Waals surface area contributed by atoms with Crippen molar-refractivity contribution in [3.8, 4) is 5.75 Å². The van der Waals surface area contributed by atoms with Gasteiger partial charge in [-0.1, -0.05) is 23.7 Å². The molecule has 90 valence electrons. The van der Waals surface area contributed by atoms with E-state index in [1.807, 2.05) is 24.3 Å². The van der Waals surface area contributed by atoms with Crippen LogP contribution in [-0.4, -0.2) is 12.1 Å². The highest BCUT2D eigenvalue weighted by molar-refractivity contribution is 7.15. The summed E-state index contributed by atoms with van der Waals surface area (Å²) in [5, 5.41) is 4.32. The van der Waals surface area contributed by atoms with Crippen molar-refractivity contribution in [1.82, 2.24) is 10.3 Å². The van der Waals surface area contributed by atoms with Gasteiger partial charge in [-0.3, -0.25) is 0 Å². The summed E-state index contributed by atoms with van der Waals surface area (Å²) in [5.74, 6) is 0.875. The zero-order valence-corrected chi connectivity index (χ0v) is 11.0. The van der Waals surface area contributed by atoms with Crippen LogP contribution in [0, 0.1) is 0 Å². The molecule has 0 aliphatic carbocycles. The normalized spacial score (nSPS) is 10.5. The van der Waals surface area contributed by atoms with E-state index in [4.69, 9.17) is 16.3 Å². The molecule has 1 aromatic heterocycles. The Morgan fingerprint density at radius 3 is 2.65 bits per heavy atom. The summed E-state index contributed by atoms with van der Waals surface area (Å²) in [6.07, 6.45) is 1.68. The minimum Gasteiger partial charge on any atom is -0.497 e. The fourth-order valence-corrected chi connectivity index (χ4v) is 2.35. The van der Waals surface area contributed by atoms with E-state index in [2.05, 4.69) is 10.3 Å². The minimum atomic E-state index is 0.728. The van der Waals surface area contributed by atoms with Crippen molar-refractivity contribution in [2.24, 2.45) is 0 Å². The molecule has 17 heavy (non-hydrogen) atoms. The Morgan fingerprint density at radius 1 is 1.29 bits per heavy atom. The summed E-state index contributed by atoms with van der Waals surface area (Å²) in [6, 6.07) is 8.00. The average Bonchev–Trinajstić information content (AvgIpc) is 2.76. The zero-order valence-electron chi connectivity index (χ0n) is 9.44. The van der Waals surface area contributed by atoms with Gasteiger partial charge in [0.1, 0.15) is 15.1 Å². The standard InChI is InChI=1S/C12H13ClN2OS/c1-16-10-4-2-9(3-5-10)6-14-8-12-15-7-11(13)17-12/h2-5,7,14H,6,8H2,1H3. The second kappa shape index (κ2) is 6.00. The van der Waals surface area contributed by atoms with Gasteiger partial charge in [-0.2, -0.15) is 0 Å². The van der Waals surface area contributed by atoms with Crippen LogP contribution in [0.15, 0.2) is 30.5 Å². The first-order valence-electron chi connectivity index (χ1n) is 5.22. The molecule has 1 N–H and O–H groups in total. The molecule has 0 bridgehead atoms. The molecule has 0 atom stereocenters. The lowest BCUT2D eigenvalue weighted by Crippen LogP contribution is -2.12. The molecule has 3 nitrogen and oxygen atoms in total. The van der Waals surface area contributed by atoms with Crippen LogP contribution in [0.2, 0.25) is 4.34 Å². The second-order valence-electron chi connectivity index (χ2n) is 3.51. The Balaban J connectivity index is 1.81. The third-order valence-electron chi connectivity index (χ3n) is 2.29. The number of methoxy groups -OCH3 is 1. The summed E-state index contributed by atoms with van der Waals surface area (Å²) < 4.78 is 5.83. The number of benzene rings is 1. The van der Waals surface area contributed by atoms with Crippen LogP contribution in [0.3, 0.4) is 0 Å². The molecule has 2 rings (SSSR count). The number of hydrogen-bond acceptors (Lipinski definition) is 4. The largest absolute Gasteiger partial charge is 0.497 e. The SMILES string of the molecule is COc1ccc(CNCc2ncc(Cl)s2)cc1. The highest BCUT2D eigenvalue weighted by atomic mass is 35.5. The molecule has 0 unspecified atom stereocenters. The van der Waals surface area contributed by atoms with Gasteiger partial charge in [0.15, 0.2) is 0 Å². The molecule has 1 heterocycles. The Hall–Kier alpha value is -1.10. The predicted molar refractivity (Wildman–Crippen MR) is 70.7 cm³/mol. The number of nitrogens with zero attached hydrogens (tertiary/aromatic N) is 1. The van der Waals surface area contributed by atoms with Crippen LogP contribution in [0.4, 0.5) is 0 Å². The Labute approximate surface area is 109 Å². The number of nitrogens with one attached hydrogen (secondary N) is 1. The van der Waals surface area contributed by atoms with Crippen molar-refractivity contribution < 1.29 is 4.74 Å². The van der Waals surface area contributed by atoms with E-state index in [0.29, 0.717) is 0 Å². The third-order valence-corrected chi connectivity index (χ3v) is 3.40. The van der Waals surface area contributed by atoms with Crippen LogP contribution in [0.25, 0.3) is 0 Å². The van der Waals surface area contributed by atoms with E-state index in [0.717, 1.165) is 28.2 Å². The van der Waals surface area contributed by atoms with Crippen LogP contribution >= 0.6 is 22.9 Å². The number of ether oxygens (including phenoxy) is 1. The fraction of sp³-hybridized carbons (Fsp3) is 0.250. The van der Waals surface area contributed by atoms with Gasteiger partial charge < -0.3 is 10.1 Å². The van der Waals surface area contributed by atoms with Gasteiger partial charge in [0.25, 0.3) is 0 Å². The van der Waals surface area contributed by atoms with Crippen LogP contribution in [0.1, 0.15) is 10.6 Å². The number of hydrogen-bond donors (Lipinski definition) is 1. The molecule has 0 aliphatic rings. The van der Waals surface area contributed by atoms with Gasteiger partial charge in [-0.25, -0.2) is 4.98 Å². The van der Waals surface area contributed by atoms with Gasteiger partial charge in [0.2, 0.25) is 0 Å². The maximum absolute atomic E-state index is 5.80. The molecule has 0 radical (unpaired) electrons. The monoisotopic (exact) mass is 268 g/mol. The lowest BCUT2D eigenvalue weighted by Gasteiger charge is -2.04. The maximum atomic E-state index is 5.80. The van der Waals surface area contributed by atoms with Gasteiger partial charge in [0, 0.05) is 13.1 Å². The first-order chi connectivity index (χ1) is 8.28. The van der Waals surface area contributed by atoms with Crippen LogP contribution in [0.5, 0.6) is 5.75 Å². The van der Waals surface area contributed by atoms with E-state index in [9.17, 15) is 0 Å². The van der Waals surface area contributed by atoms with Crippen molar-refractivity contribution in [2.45, 2.75) is 13.1 Å². The number of rotatable bonds is 5. The molecule has 2 aromatic rings. The van der Waals surface area contributed by atoms with E-state index in [1.165, 1.54) is 16.9 Å². The second-order valence-corrected chi connectivity index (χ2v) is 5.26. The van der Waals surface area contributed by atoms with Crippen LogP contribution < -0.4 is 10.1 Å². The third kappa shape index (κ3) is 3.70. The molecule has 0 aliphatic heterocycles. The van der Waals surface area contributed by atoms with Crippen molar-refractivity contribution >= 4 is 22.9 Å². The number of aromatic nitrogens is 1. The number of halogens is 1. The molecule has 0 saturated heterocycles.